The van der Waals surface area contributed by atoms with Gasteiger partial charge in [-0.25, -0.2) is 0 Å². The van der Waals surface area contributed by atoms with Gasteiger partial charge in [0, 0.05) is 0 Å². The van der Waals surface area contributed by atoms with Crippen LogP contribution in [0.15, 0.2) is 4.99 Å². The summed E-state index contributed by atoms with van der Waals surface area (Å²) in [5.41, 5.74) is 0. The number of halogens is 2. The zero-order valence-electron chi connectivity index (χ0n) is 3.60. The molecule has 0 N–H and O–H groups in total. The van der Waals surface area contributed by atoms with Crippen LogP contribution in [0, 0.1) is 0 Å². The fourth-order valence-electron chi connectivity index (χ4n) is 0.300. The molecule has 1 amide bonds. The number of hydrogen-bond donors (Lipinski definition) is 0. The molecule has 44 valence electrons. The van der Waals surface area contributed by atoms with Crippen LogP contribution >= 0.6 is 35.0 Å². The zero-order valence-corrected chi connectivity index (χ0v) is 5.93. The maximum atomic E-state index is 10.4. The Balaban J connectivity index is 2.70. The van der Waals surface area contributed by atoms with Gasteiger partial charge < -0.3 is 0 Å². The first kappa shape index (κ1) is 6.39. The molecule has 1 aliphatic rings. The van der Waals surface area contributed by atoms with E-state index in [2.05, 4.69) is 4.99 Å². The Morgan fingerprint density at radius 2 is 2.38 bits per heavy atom. The number of hydrogen-bond acceptors (Lipinski definition) is 2. The van der Waals surface area contributed by atoms with Crippen LogP contribution in [0.3, 0.4) is 0 Å². The summed E-state index contributed by atoms with van der Waals surface area (Å²) in [6.07, 6.45) is 0. The summed E-state index contributed by atoms with van der Waals surface area (Å²) >= 11 is 11.7. The van der Waals surface area contributed by atoms with Gasteiger partial charge in [0.15, 0.2) is 9.21 Å². The largest absolute Gasteiger partial charge is 0.276 e. The summed E-state index contributed by atoms with van der Waals surface area (Å²) in [4.78, 5) is 13.7. The van der Waals surface area contributed by atoms with E-state index < -0.39 is 4.71 Å². The van der Waals surface area contributed by atoms with Crippen molar-refractivity contribution >= 4 is 45.4 Å². The minimum Gasteiger partial charge on any atom is -0.270 e. The van der Waals surface area contributed by atoms with E-state index in [-0.39, 0.29) is 10.4 Å². The smallest absolute Gasteiger partial charge is 0.270 e. The summed E-state index contributed by atoms with van der Waals surface area (Å²) in [6, 6.07) is 0. The molecule has 2 nitrogen and oxygen atoms in total. The number of carbonyl (C=O) groups is 1. The maximum absolute atomic E-state index is 10.4. The minimum atomic E-state index is -0.595. The monoisotopic (exact) mass is 169 g/mol. The number of rotatable bonds is 0. The van der Waals surface area contributed by atoms with Gasteiger partial charge in [0.25, 0.3) is 5.91 Å². The Morgan fingerprint density at radius 3 is 2.50 bits per heavy atom. The first-order valence-electron chi connectivity index (χ1n) is 1.79. The lowest BCUT2D eigenvalue weighted by Gasteiger charge is -1.86. The normalized spacial score (nSPS) is 28.5. The highest BCUT2D eigenvalue weighted by molar-refractivity contribution is 8.19. The number of carbonyl (C=O) groups excluding carboxylic acids is 1. The lowest BCUT2D eigenvalue weighted by molar-refractivity contribution is -0.115. The fraction of sp³-hybridized carbons (Fsp3) is 0.333. The van der Waals surface area contributed by atoms with Crippen molar-refractivity contribution in [1.82, 2.24) is 0 Å². The van der Waals surface area contributed by atoms with Crippen LogP contribution in [0.5, 0.6) is 0 Å². The molecule has 5 heteroatoms. The van der Waals surface area contributed by atoms with Gasteiger partial charge in [0.05, 0.1) is 0 Å². The molecule has 1 unspecified atom stereocenters. The number of thioether (sulfide) groups is 1. The van der Waals surface area contributed by atoms with Crippen molar-refractivity contribution in [3.8, 4) is 0 Å². The van der Waals surface area contributed by atoms with Crippen molar-refractivity contribution < 1.29 is 4.79 Å². The lowest BCUT2D eigenvalue weighted by Crippen LogP contribution is -1.99. The molecule has 0 aliphatic carbocycles. The van der Waals surface area contributed by atoms with E-state index in [1.54, 1.807) is 0 Å². The van der Waals surface area contributed by atoms with E-state index in [9.17, 15) is 4.79 Å². The Morgan fingerprint density at radius 1 is 1.75 bits per heavy atom. The molecule has 0 bridgehead atoms. The van der Waals surface area contributed by atoms with Gasteiger partial charge in [-0.1, -0.05) is 35.0 Å². The number of amides is 1. The number of aliphatic imine (C=N–C) groups is 1. The predicted octanol–water partition coefficient (Wildman–Crippen LogP) is 1.42. The lowest BCUT2D eigenvalue weighted by atomic mass is 10.7. The second kappa shape index (κ2) is 2.25. The molecule has 1 aliphatic heterocycles. The molecular weight excluding hydrogens is 169 g/mol. The molecule has 0 spiro atoms. The van der Waals surface area contributed by atoms with E-state index in [0.717, 1.165) is 11.8 Å². The summed E-state index contributed by atoms with van der Waals surface area (Å²) in [5, 5.41) is 0. The van der Waals surface area contributed by atoms with Crippen LogP contribution in [-0.4, -0.2) is 15.1 Å². The van der Waals surface area contributed by atoms with Crippen molar-refractivity contribution in [1.29, 1.82) is 0 Å². The van der Waals surface area contributed by atoms with Crippen LogP contribution in [0.2, 0.25) is 0 Å². The molecule has 0 aromatic heterocycles. The third kappa shape index (κ3) is 1.16. The van der Waals surface area contributed by atoms with Crippen LogP contribution in [0.4, 0.5) is 0 Å². The molecule has 8 heavy (non-hydrogen) atoms. The van der Waals surface area contributed by atoms with E-state index in [4.69, 9.17) is 23.2 Å². The summed E-state index contributed by atoms with van der Waals surface area (Å²) in [6.45, 7) is 0. The van der Waals surface area contributed by atoms with Gasteiger partial charge in [-0.05, 0) is 0 Å². The van der Waals surface area contributed by atoms with E-state index in [0.29, 0.717) is 0 Å². The Kier molecular flexibility index (Phi) is 1.80. The number of nitrogens with zero attached hydrogens (tertiary/aromatic N) is 1. The quantitative estimate of drug-likeness (QED) is 0.514. The highest BCUT2D eigenvalue weighted by atomic mass is 35.5. The van der Waals surface area contributed by atoms with Gasteiger partial charge in [-0.2, -0.15) is 4.99 Å². The van der Waals surface area contributed by atoms with Crippen molar-refractivity contribution in [2.75, 3.05) is 0 Å². The van der Waals surface area contributed by atoms with Crippen LogP contribution in [0.25, 0.3) is 0 Å². The second-order valence-corrected chi connectivity index (χ2v) is 3.51. The number of alkyl halides is 1. The van der Waals surface area contributed by atoms with Crippen LogP contribution in [-0.2, 0) is 4.79 Å². The first-order chi connectivity index (χ1) is 3.70. The highest BCUT2D eigenvalue weighted by Gasteiger charge is 2.24. The summed E-state index contributed by atoms with van der Waals surface area (Å²) < 4.78 is -0.363. The topological polar surface area (TPSA) is 29.4 Å². The third-order valence-corrected chi connectivity index (χ3v) is 2.09. The molecule has 0 radical (unpaired) electrons. The van der Waals surface area contributed by atoms with Crippen molar-refractivity contribution in [2.45, 2.75) is 4.71 Å². The van der Waals surface area contributed by atoms with Gasteiger partial charge in [-0.3, -0.25) is 4.79 Å². The molecule has 1 atom stereocenters. The Bertz CT molecular complexity index is 157. The molecular formula is C3HCl2NOS. The molecule has 0 aromatic rings. The predicted molar refractivity (Wildman–Crippen MR) is 35.5 cm³/mol. The zero-order chi connectivity index (χ0) is 6.15. The average Bonchev–Trinajstić information content (AvgIpc) is 1.85. The van der Waals surface area contributed by atoms with Crippen molar-refractivity contribution in [2.24, 2.45) is 4.99 Å². The maximum Gasteiger partial charge on any atom is 0.276 e. The van der Waals surface area contributed by atoms with Gasteiger partial charge in [0.1, 0.15) is 0 Å². The molecule has 0 aromatic carbocycles. The van der Waals surface area contributed by atoms with Crippen LogP contribution in [0.1, 0.15) is 0 Å². The van der Waals surface area contributed by atoms with Gasteiger partial charge in [0.2, 0.25) is 0 Å². The third-order valence-electron chi connectivity index (χ3n) is 0.593. The Labute approximate surface area is 60.2 Å². The van der Waals surface area contributed by atoms with Crippen molar-refractivity contribution in [3.63, 3.8) is 0 Å². The summed E-state index contributed by atoms with van der Waals surface area (Å²) in [5.74, 6) is -0.360. The Hall–Kier alpha value is 0.270. The van der Waals surface area contributed by atoms with Crippen LogP contribution < -0.4 is 0 Å². The average molecular weight is 170 g/mol. The van der Waals surface area contributed by atoms with E-state index >= 15 is 0 Å². The molecule has 1 heterocycles. The van der Waals surface area contributed by atoms with E-state index in [1.165, 1.54) is 0 Å². The molecule has 0 fully saturated rings. The standard InChI is InChI=1S/C3HCl2NOS/c4-1-2(7)6-3(5)8-1/h1H. The summed E-state index contributed by atoms with van der Waals surface area (Å²) in [7, 11) is 0. The molecule has 1 rings (SSSR count). The highest BCUT2D eigenvalue weighted by Crippen LogP contribution is 2.26. The first-order valence-corrected chi connectivity index (χ1v) is 3.48. The van der Waals surface area contributed by atoms with Crippen molar-refractivity contribution in [3.05, 3.63) is 0 Å². The fourth-order valence-corrected chi connectivity index (χ4v) is 1.56. The SMILES string of the molecule is O=C1N=C(Cl)SC1Cl. The second-order valence-electron chi connectivity index (χ2n) is 1.14. The van der Waals surface area contributed by atoms with E-state index in [1.807, 2.05) is 0 Å². The van der Waals surface area contributed by atoms with Gasteiger partial charge in [-0.15, -0.1) is 0 Å². The molecule has 0 saturated carbocycles. The van der Waals surface area contributed by atoms with Gasteiger partial charge >= 0.3 is 0 Å². The minimum absolute atomic E-state index is 0.231. The molecule has 0 saturated heterocycles.